The highest BCUT2D eigenvalue weighted by molar-refractivity contribution is 7.47. The smallest absolute Gasteiger partial charge is 0.387 e. The topological polar surface area (TPSA) is 185 Å². The van der Waals surface area contributed by atoms with E-state index in [1.165, 1.54) is 61.6 Å². The van der Waals surface area contributed by atoms with Gasteiger partial charge in [0.05, 0.1) is 37.8 Å². The fourth-order valence-electron chi connectivity index (χ4n) is 7.13. The number of rotatable bonds is 30. The molecule has 4 rings (SSSR count). The molecule has 3 aromatic rings. The normalized spacial score (nSPS) is 21.1. The van der Waals surface area contributed by atoms with Crippen molar-refractivity contribution in [1.82, 2.24) is 19.5 Å². The third-order valence-corrected chi connectivity index (χ3v) is 11.6. The molecule has 0 aliphatic carbocycles. The largest absolute Gasteiger partial charge is 0.472 e. The van der Waals surface area contributed by atoms with Gasteiger partial charge in [-0.25, -0.2) is 13.9 Å². The number of nitrogen functional groups attached to an aromatic ring is 1. The number of hydrogen-bond donors (Lipinski definition) is 4. The number of halogens is 4. The van der Waals surface area contributed by atoms with E-state index in [2.05, 4.69) is 27.2 Å². The molecule has 0 amide bonds. The lowest BCUT2D eigenvalue weighted by Crippen LogP contribution is -2.40. The first-order chi connectivity index (χ1) is 28.7. The van der Waals surface area contributed by atoms with E-state index in [4.69, 9.17) is 29.0 Å². The highest BCUT2D eigenvalue weighted by Gasteiger charge is 2.56. The van der Waals surface area contributed by atoms with E-state index >= 15 is 4.39 Å². The molecular formula is C41H65F4N6O8P. The van der Waals surface area contributed by atoms with Crippen LogP contribution in [0.4, 0.5) is 29.3 Å². The van der Waals surface area contributed by atoms with Crippen LogP contribution in [0.2, 0.25) is 0 Å². The van der Waals surface area contributed by atoms with Crippen molar-refractivity contribution in [3.05, 3.63) is 41.7 Å². The maximum absolute atomic E-state index is 16.0. The average molecular weight is 877 g/mol. The first kappa shape index (κ1) is 49.7. The van der Waals surface area contributed by atoms with E-state index in [0.29, 0.717) is 17.8 Å². The first-order valence-corrected chi connectivity index (χ1v) is 22.8. The van der Waals surface area contributed by atoms with E-state index in [-0.39, 0.29) is 30.3 Å². The van der Waals surface area contributed by atoms with Gasteiger partial charge in [-0.1, -0.05) is 103 Å². The third kappa shape index (κ3) is 15.7. The van der Waals surface area contributed by atoms with Crippen LogP contribution in [0.5, 0.6) is 0 Å². The number of imidazole rings is 1. The van der Waals surface area contributed by atoms with Gasteiger partial charge in [0.25, 0.3) is 0 Å². The minimum atomic E-state index is -4.79. The number of nitrogens with one attached hydrogen (secondary N) is 1. The maximum atomic E-state index is 16.0. The standard InChI is InChI=1S/C41H65F4N6O8P/c1-4-5-6-7-11-14-17-24-55-25-18-15-12-9-8-10-13-16-19-32(56-26-30-20-22-31(23-21-30)41(43,44)45)27-57-60(53,54)58-28-33-35(52)40(2,42)38(59-33)51-29-48-34-36(47-3)49-39(46)50-37(34)51/h20-23,29,32-33,35,38,52H,4-19,24-28H2,1-3H3,(H,53,54)(H3,46,47,49,50)/t32-,33-,35?,38-,40-/m1/s1. The SMILES string of the molecule is CCCCCCCCCOCCCCCCCCCC[C@H](COP(=O)(O)OC[C@H]1O[C@@H](n2cnc3c(NC)nc(N)nc32)[C@](C)(F)C1O)OCc1ccc(C(F)(F)F)cc1. The van der Waals surface area contributed by atoms with Crippen LogP contribution in [0.3, 0.4) is 0 Å². The number of benzene rings is 1. The highest BCUT2D eigenvalue weighted by Crippen LogP contribution is 2.47. The van der Waals surface area contributed by atoms with Crippen molar-refractivity contribution in [2.24, 2.45) is 0 Å². The molecule has 19 heteroatoms. The van der Waals surface area contributed by atoms with Crippen molar-refractivity contribution in [2.45, 2.75) is 160 Å². The van der Waals surface area contributed by atoms with Crippen molar-refractivity contribution >= 4 is 30.8 Å². The number of nitrogens with two attached hydrogens (primary N) is 1. The van der Waals surface area contributed by atoms with Crippen molar-refractivity contribution < 1.29 is 55.4 Å². The molecule has 1 aromatic carbocycles. The summed E-state index contributed by atoms with van der Waals surface area (Å²) in [6.45, 7) is 3.85. The molecule has 2 unspecified atom stereocenters. The number of anilines is 2. The Morgan fingerprint density at radius 2 is 1.55 bits per heavy atom. The quantitative estimate of drug-likeness (QED) is 0.0282. The van der Waals surface area contributed by atoms with Crippen molar-refractivity contribution in [1.29, 1.82) is 0 Å². The van der Waals surface area contributed by atoms with E-state index < -0.39 is 56.4 Å². The van der Waals surface area contributed by atoms with Crippen LogP contribution < -0.4 is 11.1 Å². The Morgan fingerprint density at radius 3 is 2.15 bits per heavy atom. The fourth-order valence-corrected chi connectivity index (χ4v) is 7.90. The van der Waals surface area contributed by atoms with Gasteiger partial charge in [-0.2, -0.15) is 23.1 Å². The average Bonchev–Trinajstić information content (AvgIpc) is 3.72. The Hall–Kier alpha value is -2.96. The summed E-state index contributed by atoms with van der Waals surface area (Å²) in [5.74, 6) is 0.191. The number of aliphatic hydroxyl groups is 1. The number of aliphatic hydroxyl groups excluding tert-OH is 1. The zero-order valence-corrected chi connectivity index (χ0v) is 36.1. The maximum Gasteiger partial charge on any atom is 0.472 e. The van der Waals surface area contributed by atoms with Crippen molar-refractivity contribution in [3.8, 4) is 0 Å². The molecule has 5 N–H and O–H groups in total. The molecule has 0 spiro atoms. The van der Waals surface area contributed by atoms with Crippen molar-refractivity contribution in [3.63, 3.8) is 0 Å². The molecule has 60 heavy (non-hydrogen) atoms. The van der Waals surface area contributed by atoms with Crippen LogP contribution in [0, 0.1) is 0 Å². The van der Waals surface area contributed by atoms with Gasteiger partial charge in [0, 0.05) is 20.3 Å². The Bertz CT molecular complexity index is 1740. The van der Waals surface area contributed by atoms with E-state index in [1.807, 2.05) is 0 Å². The summed E-state index contributed by atoms with van der Waals surface area (Å²) in [4.78, 5) is 23.0. The van der Waals surface area contributed by atoms with Gasteiger partial charge in [0.15, 0.2) is 28.9 Å². The predicted octanol–water partition coefficient (Wildman–Crippen LogP) is 9.45. The lowest BCUT2D eigenvalue weighted by atomic mass is 9.98. The second-order valence-corrected chi connectivity index (χ2v) is 17.1. The summed E-state index contributed by atoms with van der Waals surface area (Å²) in [7, 11) is -3.19. The number of phosphoric acid groups is 1. The molecule has 0 radical (unpaired) electrons. The Kier molecular flexibility index (Phi) is 20.4. The zero-order valence-electron chi connectivity index (χ0n) is 35.2. The Balaban J connectivity index is 1.21. The van der Waals surface area contributed by atoms with E-state index in [1.54, 1.807) is 7.05 Å². The van der Waals surface area contributed by atoms with Gasteiger partial charge in [-0.15, -0.1) is 0 Å². The molecule has 6 atom stereocenters. The van der Waals surface area contributed by atoms with Gasteiger partial charge in [0.2, 0.25) is 5.95 Å². The molecule has 340 valence electrons. The van der Waals surface area contributed by atoms with Crippen LogP contribution >= 0.6 is 7.82 Å². The number of aromatic nitrogens is 4. The second-order valence-electron chi connectivity index (χ2n) is 15.7. The summed E-state index contributed by atoms with van der Waals surface area (Å²) in [5, 5.41) is 13.7. The van der Waals surface area contributed by atoms with Gasteiger partial charge in [-0.3, -0.25) is 13.6 Å². The number of fused-ring (bicyclic) bond motifs is 1. The van der Waals surface area contributed by atoms with Crippen LogP contribution in [-0.4, -0.2) is 87.0 Å². The number of phosphoric ester groups is 1. The molecule has 1 fully saturated rings. The number of hydrogen-bond acceptors (Lipinski definition) is 12. The fraction of sp³-hybridized carbons (Fsp3) is 0.732. The Labute approximate surface area is 350 Å². The van der Waals surface area contributed by atoms with Gasteiger partial charge in [0.1, 0.15) is 12.2 Å². The minimum absolute atomic E-state index is 0.0561. The van der Waals surface area contributed by atoms with Gasteiger partial charge in [-0.05, 0) is 43.9 Å². The van der Waals surface area contributed by atoms with Gasteiger partial charge < -0.3 is 35.3 Å². The van der Waals surface area contributed by atoms with Crippen molar-refractivity contribution in [2.75, 3.05) is 44.5 Å². The molecule has 0 saturated carbocycles. The molecule has 14 nitrogen and oxygen atoms in total. The van der Waals surface area contributed by atoms with Crippen LogP contribution in [0.1, 0.15) is 134 Å². The summed E-state index contributed by atoms with van der Waals surface area (Å²) in [6.07, 6.45) is 8.90. The van der Waals surface area contributed by atoms with Crippen LogP contribution in [-0.2, 0) is 40.6 Å². The Morgan fingerprint density at radius 1 is 0.950 bits per heavy atom. The van der Waals surface area contributed by atoms with Gasteiger partial charge >= 0.3 is 14.0 Å². The molecule has 0 bridgehead atoms. The highest BCUT2D eigenvalue weighted by atomic mass is 31.2. The monoisotopic (exact) mass is 876 g/mol. The zero-order chi connectivity index (χ0) is 43.6. The molecule has 3 heterocycles. The van der Waals surface area contributed by atoms with Crippen LogP contribution in [0.25, 0.3) is 11.2 Å². The predicted molar refractivity (Wildman–Crippen MR) is 221 cm³/mol. The number of nitrogens with zero attached hydrogens (tertiary/aromatic N) is 4. The lowest BCUT2D eigenvalue weighted by Gasteiger charge is -2.24. The third-order valence-electron chi connectivity index (χ3n) is 10.7. The first-order valence-electron chi connectivity index (χ1n) is 21.3. The number of ether oxygens (including phenoxy) is 3. The lowest BCUT2D eigenvalue weighted by molar-refractivity contribution is -0.137. The number of alkyl halides is 4. The molecule has 1 saturated heterocycles. The minimum Gasteiger partial charge on any atom is -0.387 e. The summed E-state index contributed by atoms with van der Waals surface area (Å²) >= 11 is 0. The summed E-state index contributed by atoms with van der Waals surface area (Å²) < 4.78 is 97.6. The molecule has 1 aliphatic heterocycles. The second kappa shape index (κ2) is 24.6. The molecular weight excluding hydrogens is 811 g/mol. The summed E-state index contributed by atoms with van der Waals surface area (Å²) in [6, 6.07) is 4.57. The summed E-state index contributed by atoms with van der Waals surface area (Å²) in [5.41, 5.74) is 3.53. The molecule has 2 aromatic heterocycles. The van der Waals surface area contributed by atoms with E-state index in [9.17, 15) is 27.7 Å². The molecule has 1 aliphatic rings. The van der Waals surface area contributed by atoms with E-state index in [0.717, 1.165) is 90.1 Å². The number of unbranched alkanes of at least 4 members (excludes halogenated alkanes) is 13. The van der Waals surface area contributed by atoms with Crippen LogP contribution in [0.15, 0.2) is 30.6 Å².